The zero-order valence-electron chi connectivity index (χ0n) is 14.3. The van der Waals surface area contributed by atoms with Crippen molar-refractivity contribution in [1.29, 1.82) is 5.26 Å². The average molecular weight is 358 g/mol. The van der Waals surface area contributed by atoms with E-state index >= 15 is 0 Å². The molecule has 3 aromatic heterocycles. The molecule has 0 saturated carbocycles. The van der Waals surface area contributed by atoms with Crippen molar-refractivity contribution in [2.75, 3.05) is 18.0 Å². The van der Waals surface area contributed by atoms with Gasteiger partial charge in [-0.15, -0.1) is 0 Å². The fourth-order valence-corrected chi connectivity index (χ4v) is 3.68. The predicted octanol–water partition coefficient (Wildman–Crippen LogP) is 1.56. The van der Waals surface area contributed by atoms with Crippen LogP contribution >= 0.6 is 0 Å². The lowest BCUT2D eigenvalue weighted by atomic mass is 10.2. The van der Waals surface area contributed by atoms with Gasteiger partial charge in [-0.1, -0.05) is 12.1 Å². The minimum absolute atomic E-state index is 0.0849. The molecule has 0 aliphatic carbocycles. The number of anilines is 1. The van der Waals surface area contributed by atoms with Crippen LogP contribution in [0.25, 0.3) is 27.6 Å². The maximum atomic E-state index is 13.1. The number of aromatic amines is 1. The van der Waals surface area contributed by atoms with Gasteiger partial charge in [0.15, 0.2) is 0 Å². The summed E-state index contributed by atoms with van der Waals surface area (Å²) in [6, 6.07) is 8.92. The lowest BCUT2D eigenvalue weighted by Gasteiger charge is -2.15. The Balaban J connectivity index is 1.97. The van der Waals surface area contributed by atoms with Crippen LogP contribution in [0.1, 0.15) is 18.4 Å². The summed E-state index contributed by atoms with van der Waals surface area (Å²) in [4.78, 5) is 39.9. The molecule has 1 aliphatic heterocycles. The summed E-state index contributed by atoms with van der Waals surface area (Å²) < 4.78 is 1.32. The van der Waals surface area contributed by atoms with Gasteiger partial charge in [-0.3, -0.25) is 14.0 Å². The van der Waals surface area contributed by atoms with Crippen LogP contribution in [0.2, 0.25) is 0 Å². The Morgan fingerprint density at radius 1 is 1.15 bits per heavy atom. The van der Waals surface area contributed by atoms with Crippen molar-refractivity contribution in [3.63, 3.8) is 0 Å². The number of pyridine rings is 1. The van der Waals surface area contributed by atoms with E-state index in [4.69, 9.17) is 0 Å². The second-order valence-electron chi connectivity index (χ2n) is 6.57. The molecule has 0 atom stereocenters. The van der Waals surface area contributed by atoms with E-state index in [2.05, 4.69) is 15.0 Å². The van der Waals surface area contributed by atoms with Gasteiger partial charge < -0.3 is 9.88 Å². The molecule has 132 valence electrons. The summed E-state index contributed by atoms with van der Waals surface area (Å²) >= 11 is 0. The number of fused-ring (bicyclic) bond motifs is 4. The largest absolute Gasteiger partial charge is 0.341 e. The first-order chi connectivity index (χ1) is 13.2. The molecule has 1 aliphatic rings. The second-order valence-corrected chi connectivity index (χ2v) is 6.57. The SMILES string of the molecule is N#Cc1c(=O)c2nc(N3CCCC3)ncc2n2c(=O)c3ccccc3[nH]c12. The third-order valence-corrected chi connectivity index (χ3v) is 5.01. The fraction of sp³-hybridized carbons (Fsp3) is 0.211. The highest BCUT2D eigenvalue weighted by atomic mass is 16.1. The molecule has 0 amide bonds. The van der Waals surface area contributed by atoms with Gasteiger partial charge in [0.1, 0.15) is 22.8 Å². The van der Waals surface area contributed by atoms with E-state index in [9.17, 15) is 14.9 Å². The van der Waals surface area contributed by atoms with Gasteiger partial charge in [0.2, 0.25) is 11.4 Å². The number of nitriles is 1. The maximum Gasteiger partial charge on any atom is 0.266 e. The highest BCUT2D eigenvalue weighted by Gasteiger charge is 2.20. The lowest BCUT2D eigenvalue weighted by molar-refractivity contribution is 0.903. The molecular formula is C19H14N6O2. The fourth-order valence-electron chi connectivity index (χ4n) is 3.68. The van der Waals surface area contributed by atoms with Gasteiger partial charge in [-0.05, 0) is 25.0 Å². The summed E-state index contributed by atoms with van der Waals surface area (Å²) in [5, 5.41) is 10.0. The highest BCUT2D eigenvalue weighted by molar-refractivity contribution is 5.86. The number of hydrogen-bond acceptors (Lipinski definition) is 6. The molecule has 0 spiro atoms. The topological polar surface area (TPSA) is 107 Å². The minimum Gasteiger partial charge on any atom is -0.341 e. The van der Waals surface area contributed by atoms with Crippen LogP contribution in [0.5, 0.6) is 0 Å². The average Bonchev–Trinajstić information content (AvgIpc) is 3.23. The number of benzene rings is 1. The van der Waals surface area contributed by atoms with E-state index in [0.717, 1.165) is 25.9 Å². The van der Waals surface area contributed by atoms with Gasteiger partial charge in [0.25, 0.3) is 5.56 Å². The van der Waals surface area contributed by atoms with E-state index in [1.807, 2.05) is 11.0 Å². The van der Waals surface area contributed by atoms with E-state index in [0.29, 0.717) is 22.4 Å². The third-order valence-electron chi connectivity index (χ3n) is 5.01. The first-order valence-electron chi connectivity index (χ1n) is 8.70. The Kier molecular flexibility index (Phi) is 3.24. The van der Waals surface area contributed by atoms with Crippen LogP contribution in [-0.2, 0) is 0 Å². The van der Waals surface area contributed by atoms with Gasteiger partial charge in [-0.2, -0.15) is 5.26 Å². The highest BCUT2D eigenvalue weighted by Crippen LogP contribution is 2.19. The number of nitrogens with zero attached hydrogens (tertiary/aromatic N) is 5. The Bertz CT molecular complexity index is 1390. The Morgan fingerprint density at radius 3 is 2.70 bits per heavy atom. The number of nitrogens with one attached hydrogen (secondary N) is 1. The molecule has 27 heavy (non-hydrogen) atoms. The molecule has 1 aromatic carbocycles. The van der Waals surface area contributed by atoms with Gasteiger partial charge in [-0.25, -0.2) is 9.97 Å². The molecule has 8 nitrogen and oxygen atoms in total. The summed E-state index contributed by atoms with van der Waals surface area (Å²) in [6.45, 7) is 1.66. The molecule has 5 rings (SSSR count). The van der Waals surface area contributed by atoms with E-state index < -0.39 is 5.43 Å². The summed E-state index contributed by atoms with van der Waals surface area (Å²) in [5.74, 6) is 0.457. The molecule has 0 unspecified atom stereocenters. The van der Waals surface area contributed by atoms with Crippen molar-refractivity contribution in [3.05, 3.63) is 56.6 Å². The van der Waals surface area contributed by atoms with Crippen molar-refractivity contribution < 1.29 is 0 Å². The zero-order valence-corrected chi connectivity index (χ0v) is 14.3. The molecule has 4 heterocycles. The van der Waals surface area contributed by atoms with Crippen molar-refractivity contribution >= 4 is 33.5 Å². The Hall–Kier alpha value is -3.73. The van der Waals surface area contributed by atoms with Crippen LogP contribution in [0.3, 0.4) is 0 Å². The van der Waals surface area contributed by atoms with Crippen LogP contribution < -0.4 is 15.9 Å². The van der Waals surface area contributed by atoms with E-state index in [-0.39, 0.29) is 22.3 Å². The Morgan fingerprint density at radius 2 is 1.93 bits per heavy atom. The standard InChI is InChI=1S/C19H14N6O2/c20-9-12-16(26)15-14(10-21-19(23-15)24-7-3-4-8-24)25-17(12)22-13-6-2-1-5-11(13)18(25)27/h1-2,5-6,10,22H,3-4,7-8H2. The zero-order chi connectivity index (χ0) is 18.5. The van der Waals surface area contributed by atoms with Crippen molar-refractivity contribution in [2.24, 2.45) is 0 Å². The van der Waals surface area contributed by atoms with Gasteiger partial charge in [0, 0.05) is 13.1 Å². The molecule has 1 fully saturated rings. The summed E-state index contributed by atoms with van der Waals surface area (Å²) in [6.07, 6.45) is 3.59. The summed E-state index contributed by atoms with van der Waals surface area (Å²) in [7, 11) is 0. The van der Waals surface area contributed by atoms with Crippen LogP contribution in [0.4, 0.5) is 5.95 Å². The number of hydrogen-bond donors (Lipinski definition) is 1. The van der Waals surface area contributed by atoms with Gasteiger partial charge in [0.05, 0.1) is 22.6 Å². The molecule has 1 saturated heterocycles. The third kappa shape index (κ3) is 2.15. The normalized spacial score (nSPS) is 14.3. The molecule has 0 radical (unpaired) electrons. The van der Waals surface area contributed by atoms with Crippen LogP contribution in [-0.4, -0.2) is 32.4 Å². The van der Waals surface area contributed by atoms with Crippen molar-refractivity contribution in [1.82, 2.24) is 19.4 Å². The van der Waals surface area contributed by atoms with Crippen molar-refractivity contribution in [3.8, 4) is 6.07 Å². The van der Waals surface area contributed by atoms with E-state index in [1.54, 1.807) is 24.3 Å². The monoisotopic (exact) mass is 358 g/mol. The predicted molar refractivity (Wildman–Crippen MR) is 101 cm³/mol. The number of para-hydroxylation sites is 1. The summed E-state index contributed by atoms with van der Waals surface area (Å²) in [5.41, 5.74) is 0.158. The molecule has 1 N–H and O–H groups in total. The first kappa shape index (κ1) is 15.5. The smallest absolute Gasteiger partial charge is 0.266 e. The second kappa shape index (κ2) is 5.64. The van der Waals surface area contributed by atoms with Crippen LogP contribution in [0, 0.1) is 11.3 Å². The molecule has 0 bridgehead atoms. The number of rotatable bonds is 1. The number of H-pyrrole nitrogens is 1. The molecular weight excluding hydrogens is 344 g/mol. The van der Waals surface area contributed by atoms with E-state index in [1.165, 1.54) is 10.6 Å². The minimum atomic E-state index is -0.499. The first-order valence-corrected chi connectivity index (χ1v) is 8.70. The van der Waals surface area contributed by atoms with Crippen molar-refractivity contribution in [2.45, 2.75) is 12.8 Å². The number of aromatic nitrogens is 4. The van der Waals surface area contributed by atoms with Crippen LogP contribution in [0.15, 0.2) is 40.1 Å². The molecule has 4 aromatic rings. The molecule has 8 heteroatoms. The van der Waals surface area contributed by atoms with Gasteiger partial charge >= 0.3 is 0 Å². The lowest BCUT2D eigenvalue weighted by Crippen LogP contribution is -2.25. The Labute approximate surface area is 152 Å². The quantitative estimate of drug-likeness (QED) is 0.409. The maximum absolute atomic E-state index is 13.1.